The number of carbonyl (C=O) groups is 1. The molecule has 0 aliphatic carbocycles. The molecule has 0 radical (unpaired) electrons. The van der Waals surface area contributed by atoms with Crippen molar-refractivity contribution in [1.82, 2.24) is 10.2 Å². The van der Waals surface area contributed by atoms with Crippen molar-refractivity contribution < 1.29 is 19.4 Å². The van der Waals surface area contributed by atoms with Crippen molar-refractivity contribution in [3.05, 3.63) is 47.5 Å². The summed E-state index contributed by atoms with van der Waals surface area (Å²) in [6.45, 7) is 2.65. The average Bonchev–Trinajstić information content (AvgIpc) is 3.07. The zero-order valence-corrected chi connectivity index (χ0v) is 15.9. The highest BCUT2D eigenvalue weighted by molar-refractivity contribution is 6.12. The van der Waals surface area contributed by atoms with Crippen LogP contribution in [-0.2, 0) is 6.54 Å². The van der Waals surface area contributed by atoms with Crippen molar-refractivity contribution in [3.8, 4) is 22.8 Å². The van der Waals surface area contributed by atoms with E-state index in [0.29, 0.717) is 34.4 Å². The first-order valence-corrected chi connectivity index (χ1v) is 9.59. The molecule has 1 aliphatic heterocycles. The number of furan rings is 1. The number of phenolic OH excluding ortho intramolecular Hbond substituents is 2. The molecule has 146 valence electrons. The third-order valence-corrected chi connectivity index (χ3v) is 5.26. The molecule has 1 amide bonds. The van der Waals surface area contributed by atoms with Gasteiger partial charge in [-0.25, -0.2) is 0 Å². The van der Waals surface area contributed by atoms with Crippen LogP contribution in [-0.4, -0.2) is 41.2 Å². The Morgan fingerprint density at radius 2 is 1.89 bits per heavy atom. The first-order valence-electron chi connectivity index (χ1n) is 9.59. The standard InChI is InChI=1S/C22H24N2O4/c1-23-22(27)20-19-15(13-24-8-3-2-4-9-24)11-17(26)12-18(19)28-21(20)14-6-5-7-16(25)10-14/h5-7,10-12,25-26H,2-4,8-9,13H2,1H3,(H,23,27). The average molecular weight is 380 g/mol. The third kappa shape index (κ3) is 3.43. The molecule has 0 spiro atoms. The number of phenols is 2. The summed E-state index contributed by atoms with van der Waals surface area (Å²) >= 11 is 0. The molecule has 6 heteroatoms. The third-order valence-electron chi connectivity index (χ3n) is 5.26. The highest BCUT2D eigenvalue weighted by Gasteiger charge is 2.25. The summed E-state index contributed by atoms with van der Waals surface area (Å²) in [5.74, 6) is 0.329. The van der Waals surface area contributed by atoms with Crippen LogP contribution in [0.3, 0.4) is 0 Å². The van der Waals surface area contributed by atoms with E-state index in [0.717, 1.165) is 31.5 Å². The van der Waals surface area contributed by atoms with E-state index < -0.39 is 0 Å². The van der Waals surface area contributed by atoms with E-state index in [-0.39, 0.29) is 17.4 Å². The van der Waals surface area contributed by atoms with Gasteiger partial charge >= 0.3 is 0 Å². The van der Waals surface area contributed by atoms with E-state index in [1.807, 2.05) is 0 Å². The smallest absolute Gasteiger partial charge is 0.255 e. The molecule has 6 nitrogen and oxygen atoms in total. The maximum absolute atomic E-state index is 12.8. The second-order valence-electron chi connectivity index (χ2n) is 7.25. The molecule has 1 saturated heterocycles. The van der Waals surface area contributed by atoms with Gasteiger partial charge < -0.3 is 19.9 Å². The summed E-state index contributed by atoms with van der Waals surface area (Å²) in [4.78, 5) is 15.1. The molecular weight excluding hydrogens is 356 g/mol. The Bertz CT molecular complexity index is 1020. The van der Waals surface area contributed by atoms with Crippen LogP contribution >= 0.6 is 0 Å². The fourth-order valence-electron chi connectivity index (χ4n) is 3.97. The maximum atomic E-state index is 12.8. The fraction of sp³-hybridized carbons (Fsp3) is 0.318. The van der Waals surface area contributed by atoms with Crippen molar-refractivity contribution in [2.45, 2.75) is 25.8 Å². The van der Waals surface area contributed by atoms with Gasteiger partial charge in [0.25, 0.3) is 5.91 Å². The van der Waals surface area contributed by atoms with Crippen molar-refractivity contribution in [2.24, 2.45) is 0 Å². The molecule has 4 rings (SSSR count). The predicted octanol–water partition coefficient (Wildman–Crippen LogP) is 3.86. The van der Waals surface area contributed by atoms with Gasteiger partial charge in [-0.05, 0) is 49.7 Å². The number of amides is 1. The van der Waals surface area contributed by atoms with Gasteiger partial charge in [-0.1, -0.05) is 18.6 Å². The highest BCUT2D eigenvalue weighted by atomic mass is 16.3. The topological polar surface area (TPSA) is 85.9 Å². The molecule has 2 heterocycles. The van der Waals surface area contributed by atoms with Crippen LogP contribution in [0.2, 0.25) is 0 Å². The summed E-state index contributed by atoms with van der Waals surface area (Å²) in [7, 11) is 1.58. The molecule has 3 aromatic rings. The maximum Gasteiger partial charge on any atom is 0.255 e. The lowest BCUT2D eigenvalue weighted by atomic mass is 9.99. The lowest BCUT2D eigenvalue weighted by molar-refractivity contribution is 0.0964. The SMILES string of the molecule is CNC(=O)c1c(-c2cccc(O)c2)oc2cc(O)cc(CN3CCCCC3)c12. The minimum absolute atomic E-state index is 0.0946. The Labute approximate surface area is 163 Å². The number of likely N-dealkylation sites (tertiary alicyclic amines) is 1. The first-order chi connectivity index (χ1) is 13.6. The Kier molecular flexibility index (Phi) is 4.96. The number of piperidine rings is 1. The van der Waals surface area contributed by atoms with Crippen LogP contribution in [0.25, 0.3) is 22.3 Å². The molecule has 1 aromatic heterocycles. The van der Waals surface area contributed by atoms with Crippen molar-refractivity contribution in [2.75, 3.05) is 20.1 Å². The Morgan fingerprint density at radius 1 is 1.11 bits per heavy atom. The van der Waals surface area contributed by atoms with Gasteiger partial charge in [-0.15, -0.1) is 0 Å². The number of benzene rings is 2. The minimum Gasteiger partial charge on any atom is -0.508 e. The van der Waals surface area contributed by atoms with E-state index in [1.165, 1.54) is 12.5 Å². The summed E-state index contributed by atoms with van der Waals surface area (Å²) in [5, 5.41) is 23.5. The zero-order chi connectivity index (χ0) is 19.7. The van der Waals surface area contributed by atoms with Crippen LogP contribution in [0.5, 0.6) is 11.5 Å². The molecular formula is C22H24N2O4. The molecule has 1 fully saturated rings. The van der Waals surface area contributed by atoms with E-state index in [9.17, 15) is 15.0 Å². The van der Waals surface area contributed by atoms with Gasteiger partial charge in [0, 0.05) is 30.6 Å². The molecule has 28 heavy (non-hydrogen) atoms. The number of hydrogen-bond acceptors (Lipinski definition) is 5. The molecule has 1 aliphatic rings. The number of nitrogens with zero attached hydrogens (tertiary/aromatic N) is 1. The second kappa shape index (κ2) is 7.56. The predicted molar refractivity (Wildman–Crippen MR) is 107 cm³/mol. The lowest BCUT2D eigenvalue weighted by Gasteiger charge is -2.26. The van der Waals surface area contributed by atoms with Crippen LogP contribution in [0, 0.1) is 0 Å². The summed E-state index contributed by atoms with van der Waals surface area (Å²) in [6.07, 6.45) is 3.55. The lowest BCUT2D eigenvalue weighted by Crippen LogP contribution is -2.29. The molecule has 0 atom stereocenters. The molecule has 0 bridgehead atoms. The monoisotopic (exact) mass is 380 g/mol. The highest BCUT2D eigenvalue weighted by Crippen LogP contribution is 2.39. The zero-order valence-electron chi connectivity index (χ0n) is 15.9. The first kappa shape index (κ1) is 18.4. The molecule has 0 unspecified atom stereocenters. The largest absolute Gasteiger partial charge is 0.508 e. The number of aromatic hydroxyl groups is 2. The van der Waals surface area contributed by atoms with Crippen LogP contribution < -0.4 is 5.32 Å². The van der Waals surface area contributed by atoms with Crippen LogP contribution in [0.4, 0.5) is 0 Å². The van der Waals surface area contributed by atoms with Crippen molar-refractivity contribution in [1.29, 1.82) is 0 Å². The Morgan fingerprint density at radius 3 is 2.61 bits per heavy atom. The second-order valence-corrected chi connectivity index (χ2v) is 7.25. The molecule has 2 aromatic carbocycles. The van der Waals surface area contributed by atoms with Crippen LogP contribution in [0.15, 0.2) is 40.8 Å². The molecule has 3 N–H and O–H groups in total. The van der Waals surface area contributed by atoms with Gasteiger partial charge in [0.15, 0.2) is 0 Å². The van der Waals surface area contributed by atoms with Crippen molar-refractivity contribution >= 4 is 16.9 Å². The number of hydrogen-bond donors (Lipinski definition) is 3. The number of rotatable bonds is 4. The minimum atomic E-state index is -0.261. The normalized spacial score (nSPS) is 15.0. The summed E-state index contributed by atoms with van der Waals surface area (Å²) in [6, 6.07) is 9.87. The quantitative estimate of drug-likeness (QED) is 0.640. The Balaban J connectivity index is 1.91. The summed E-state index contributed by atoms with van der Waals surface area (Å²) < 4.78 is 6.02. The van der Waals surface area contributed by atoms with Gasteiger partial charge in [0.05, 0.1) is 5.56 Å². The van der Waals surface area contributed by atoms with E-state index in [4.69, 9.17) is 4.42 Å². The van der Waals surface area contributed by atoms with E-state index in [1.54, 1.807) is 37.4 Å². The van der Waals surface area contributed by atoms with Gasteiger partial charge in [-0.3, -0.25) is 9.69 Å². The summed E-state index contributed by atoms with van der Waals surface area (Å²) in [5.41, 5.74) is 2.36. The number of carbonyl (C=O) groups excluding carboxylic acids is 1. The van der Waals surface area contributed by atoms with Crippen molar-refractivity contribution in [3.63, 3.8) is 0 Å². The Hall–Kier alpha value is -2.99. The number of fused-ring (bicyclic) bond motifs is 1. The van der Waals surface area contributed by atoms with E-state index in [2.05, 4.69) is 10.2 Å². The number of nitrogens with one attached hydrogen (secondary N) is 1. The van der Waals surface area contributed by atoms with Gasteiger partial charge in [0.1, 0.15) is 22.8 Å². The van der Waals surface area contributed by atoms with Gasteiger partial charge in [0.2, 0.25) is 0 Å². The van der Waals surface area contributed by atoms with Gasteiger partial charge in [-0.2, -0.15) is 0 Å². The van der Waals surface area contributed by atoms with Crippen LogP contribution in [0.1, 0.15) is 35.2 Å². The fourth-order valence-corrected chi connectivity index (χ4v) is 3.97. The van der Waals surface area contributed by atoms with E-state index >= 15 is 0 Å². The molecule has 0 saturated carbocycles.